The van der Waals surface area contributed by atoms with Crippen molar-refractivity contribution in [1.29, 1.82) is 0 Å². The van der Waals surface area contributed by atoms with Crippen LogP contribution >= 0.6 is 0 Å². The van der Waals surface area contributed by atoms with Crippen molar-refractivity contribution >= 4 is 28.6 Å². The molecule has 3 rings (SSSR count). The second-order valence-electron chi connectivity index (χ2n) is 6.14. The number of nitrogens with zero attached hydrogens (tertiary/aromatic N) is 3. The summed E-state index contributed by atoms with van der Waals surface area (Å²) in [6, 6.07) is 4.44. The molecule has 26 heavy (non-hydrogen) atoms. The summed E-state index contributed by atoms with van der Waals surface area (Å²) in [6.07, 6.45) is 2.73. The van der Waals surface area contributed by atoms with E-state index in [-0.39, 0.29) is 24.2 Å². The van der Waals surface area contributed by atoms with E-state index in [4.69, 9.17) is 4.74 Å². The van der Waals surface area contributed by atoms with Crippen molar-refractivity contribution in [2.45, 2.75) is 19.8 Å². The summed E-state index contributed by atoms with van der Waals surface area (Å²) in [5, 5.41) is 3.29. The van der Waals surface area contributed by atoms with Crippen LogP contribution in [0.15, 0.2) is 24.5 Å². The number of hydrogen-bond acceptors (Lipinski definition) is 6. The van der Waals surface area contributed by atoms with Crippen molar-refractivity contribution in [1.82, 2.24) is 15.3 Å². The molecule has 0 radical (unpaired) electrons. The summed E-state index contributed by atoms with van der Waals surface area (Å²) >= 11 is 0. The highest BCUT2D eigenvalue weighted by atomic mass is 19.1. The third-order valence-corrected chi connectivity index (χ3v) is 4.45. The highest BCUT2D eigenvalue weighted by Crippen LogP contribution is 2.27. The Labute approximate surface area is 150 Å². The maximum atomic E-state index is 13.6. The summed E-state index contributed by atoms with van der Waals surface area (Å²) in [5.41, 5.74) is 0.686. The van der Waals surface area contributed by atoms with E-state index in [0.29, 0.717) is 49.3 Å². The van der Waals surface area contributed by atoms with E-state index >= 15 is 0 Å². The molecule has 1 aromatic carbocycles. The molecule has 0 bridgehead atoms. The van der Waals surface area contributed by atoms with Gasteiger partial charge in [0, 0.05) is 24.4 Å². The Hall–Kier alpha value is -2.77. The van der Waals surface area contributed by atoms with E-state index in [1.54, 1.807) is 13.0 Å². The predicted molar refractivity (Wildman–Crippen MR) is 94.1 cm³/mol. The maximum Gasteiger partial charge on any atom is 0.325 e. The van der Waals surface area contributed by atoms with Crippen molar-refractivity contribution in [2.75, 3.05) is 31.1 Å². The SMILES string of the molecule is CCOC(=O)CNC(=O)C1CCN(c2ncnc3ccc(F)cc23)CC1. The molecule has 138 valence electrons. The van der Waals surface area contributed by atoms with E-state index in [1.807, 2.05) is 4.90 Å². The molecule has 0 spiro atoms. The van der Waals surface area contributed by atoms with Crippen molar-refractivity contribution in [2.24, 2.45) is 5.92 Å². The van der Waals surface area contributed by atoms with Crippen molar-refractivity contribution in [3.8, 4) is 0 Å². The van der Waals surface area contributed by atoms with Crippen LogP contribution < -0.4 is 10.2 Å². The minimum absolute atomic E-state index is 0.108. The molecule has 2 aromatic rings. The molecule has 1 fully saturated rings. The van der Waals surface area contributed by atoms with Gasteiger partial charge in [-0.2, -0.15) is 0 Å². The number of halogens is 1. The van der Waals surface area contributed by atoms with Crippen molar-refractivity contribution < 1.29 is 18.7 Å². The number of rotatable bonds is 5. The topological polar surface area (TPSA) is 84.4 Å². The number of aromatic nitrogens is 2. The second-order valence-corrected chi connectivity index (χ2v) is 6.14. The molecule has 1 aliphatic rings. The van der Waals surface area contributed by atoms with Crippen LogP contribution in [0.2, 0.25) is 0 Å². The van der Waals surface area contributed by atoms with E-state index in [2.05, 4.69) is 15.3 Å². The Morgan fingerprint density at radius 3 is 2.81 bits per heavy atom. The van der Waals surface area contributed by atoms with Gasteiger partial charge in [0.1, 0.15) is 24.5 Å². The molecule has 1 aliphatic heterocycles. The number of esters is 1. The first-order chi connectivity index (χ1) is 12.6. The molecule has 0 saturated carbocycles. The number of benzene rings is 1. The number of hydrogen-bond donors (Lipinski definition) is 1. The molecular formula is C18H21FN4O3. The van der Waals surface area contributed by atoms with Gasteiger partial charge in [-0.3, -0.25) is 9.59 Å². The fraction of sp³-hybridized carbons (Fsp3) is 0.444. The number of carbonyl (C=O) groups is 2. The number of nitrogens with one attached hydrogen (secondary N) is 1. The molecule has 0 unspecified atom stereocenters. The van der Waals surface area contributed by atoms with Gasteiger partial charge in [0.2, 0.25) is 5.91 Å². The van der Waals surface area contributed by atoms with Gasteiger partial charge in [0.05, 0.1) is 12.1 Å². The number of fused-ring (bicyclic) bond motifs is 1. The largest absolute Gasteiger partial charge is 0.465 e. The first-order valence-corrected chi connectivity index (χ1v) is 8.67. The van der Waals surface area contributed by atoms with E-state index in [0.717, 1.165) is 0 Å². The lowest BCUT2D eigenvalue weighted by Gasteiger charge is -2.32. The van der Waals surface area contributed by atoms with Crippen LogP contribution in [0, 0.1) is 11.7 Å². The van der Waals surface area contributed by atoms with Gasteiger partial charge in [-0.25, -0.2) is 14.4 Å². The Bertz CT molecular complexity index is 806. The Balaban J connectivity index is 1.61. The Morgan fingerprint density at radius 2 is 2.08 bits per heavy atom. The summed E-state index contributed by atoms with van der Waals surface area (Å²) < 4.78 is 18.4. The monoisotopic (exact) mass is 360 g/mol. The zero-order chi connectivity index (χ0) is 18.5. The average Bonchev–Trinajstić information content (AvgIpc) is 2.66. The van der Waals surface area contributed by atoms with Crippen LogP contribution in [0.3, 0.4) is 0 Å². The quantitative estimate of drug-likeness (QED) is 0.817. The van der Waals surface area contributed by atoms with Gasteiger partial charge in [-0.05, 0) is 38.0 Å². The highest BCUT2D eigenvalue weighted by molar-refractivity contribution is 5.89. The third-order valence-electron chi connectivity index (χ3n) is 4.45. The third kappa shape index (κ3) is 4.07. The second kappa shape index (κ2) is 8.07. The van der Waals surface area contributed by atoms with Crippen LogP contribution in [0.5, 0.6) is 0 Å². The summed E-state index contributed by atoms with van der Waals surface area (Å²) in [6.45, 7) is 3.15. The molecule has 7 nitrogen and oxygen atoms in total. The van der Waals surface area contributed by atoms with E-state index < -0.39 is 5.97 Å². The van der Waals surface area contributed by atoms with Gasteiger partial charge >= 0.3 is 5.97 Å². The molecule has 1 saturated heterocycles. The molecular weight excluding hydrogens is 339 g/mol. The van der Waals surface area contributed by atoms with Crippen LogP contribution in [0.25, 0.3) is 10.9 Å². The van der Waals surface area contributed by atoms with Gasteiger partial charge in [0.25, 0.3) is 0 Å². The van der Waals surface area contributed by atoms with Gasteiger partial charge in [-0.1, -0.05) is 0 Å². The van der Waals surface area contributed by atoms with Gasteiger partial charge in [-0.15, -0.1) is 0 Å². The molecule has 8 heteroatoms. The van der Waals surface area contributed by atoms with Crippen LogP contribution in [-0.2, 0) is 14.3 Å². The number of piperidine rings is 1. The van der Waals surface area contributed by atoms with Gasteiger partial charge < -0.3 is 15.0 Å². The van der Waals surface area contributed by atoms with E-state index in [1.165, 1.54) is 18.5 Å². The molecule has 1 aromatic heterocycles. The molecule has 2 heterocycles. The zero-order valence-electron chi connectivity index (χ0n) is 14.6. The standard InChI is InChI=1S/C18H21FN4O3/c1-2-26-16(24)10-20-18(25)12-5-7-23(8-6-12)17-14-9-13(19)3-4-15(14)21-11-22-17/h3-4,9,11-12H,2,5-8,10H2,1H3,(H,20,25). The van der Waals surface area contributed by atoms with Gasteiger partial charge in [0.15, 0.2) is 0 Å². The highest BCUT2D eigenvalue weighted by Gasteiger charge is 2.26. The summed E-state index contributed by atoms with van der Waals surface area (Å²) in [5.74, 6) is -0.392. The molecule has 0 aliphatic carbocycles. The molecule has 1 N–H and O–H groups in total. The fourth-order valence-electron chi connectivity index (χ4n) is 3.14. The lowest BCUT2D eigenvalue weighted by molar-refractivity contribution is -0.143. The minimum Gasteiger partial charge on any atom is -0.465 e. The summed E-state index contributed by atoms with van der Waals surface area (Å²) in [4.78, 5) is 34.0. The number of ether oxygens (including phenoxy) is 1. The fourth-order valence-corrected chi connectivity index (χ4v) is 3.14. The Morgan fingerprint density at radius 1 is 1.31 bits per heavy atom. The number of amides is 1. The number of carbonyl (C=O) groups excluding carboxylic acids is 2. The zero-order valence-corrected chi connectivity index (χ0v) is 14.6. The van der Waals surface area contributed by atoms with Crippen LogP contribution in [-0.4, -0.2) is 48.1 Å². The lowest BCUT2D eigenvalue weighted by Crippen LogP contribution is -2.42. The molecule has 1 amide bonds. The van der Waals surface area contributed by atoms with Crippen molar-refractivity contribution in [3.05, 3.63) is 30.3 Å². The van der Waals surface area contributed by atoms with Crippen LogP contribution in [0.1, 0.15) is 19.8 Å². The molecule has 0 atom stereocenters. The minimum atomic E-state index is -0.437. The average molecular weight is 360 g/mol. The summed E-state index contributed by atoms with van der Waals surface area (Å²) in [7, 11) is 0. The Kier molecular flexibility index (Phi) is 5.60. The first kappa shape index (κ1) is 18.0. The maximum absolute atomic E-state index is 13.6. The smallest absolute Gasteiger partial charge is 0.325 e. The number of anilines is 1. The van der Waals surface area contributed by atoms with Crippen molar-refractivity contribution in [3.63, 3.8) is 0 Å². The van der Waals surface area contributed by atoms with E-state index in [9.17, 15) is 14.0 Å². The predicted octanol–water partition coefficient (Wildman–Crippen LogP) is 1.66. The lowest BCUT2D eigenvalue weighted by atomic mass is 9.95. The first-order valence-electron chi connectivity index (χ1n) is 8.67. The normalized spacial score (nSPS) is 15.1. The van der Waals surface area contributed by atoms with Crippen LogP contribution in [0.4, 0.5) is 10.2 Å².